The van der Waals surface area contributed by atoms with Crippen molar-refractivity contribution in [3.8, 4) is 5.75 Å². The summed E-state index contributed by atoms with van der Waals surface area (Å²) in [5, 5.41) is 6.75. The third-order valence-electron chi connectivity index (χ3n) is 4.31. The second-order valence-corrected chi connectivity index (χ2v) is 6.84. The molecule has 0 aromatic heterocycles. The maximum absolute atomic E-state index is 12.1. The van der Waals surface area contributed by atoms with Crippen LogP contribution in [0, 0.1) is 5.92 Å². The third-order valence-corrected chi connectivity index (χ3v) is 4.31. The summed E-state index contributed by atoms with van der Waals surface area (Å²) in [6, 6.07) is 8.26. The number of benzene rings is 1. The molecule has 6 nitrogen and oxygen atoms in total. The van der Waals surface area contributed by atoms with Crippen LogP contribution in [0.25, 0.3) is 0 Å². The van der Waals surface area contributed by atoms with Gasteiger partial charge in [-0.05, 0) is 38.0 Å². The molecule has 0 radical (unpaired) electrons. The molecule has 2 N–H and O–H groups in total. The Morgan fingerprint density at radius 3 is 2.88 bits per heavy atom. The Labute approximate surface area is 157 Å². The number of likely N-dealkylation sites (tertiary alicyclic amines) is 1. The standard InChI is InChI=1S/C20H32N4O2/c1-5-21-20(22-13-16-8-7-9-18(12-16)26-6-2)23-17-10-11-24(14-17)19(25)15(3)4/h7-9,12,15,17H,5-6,10-11,13-14H2,1-4H3,(H2,21,22,23). The first-order valence-electron chi connectivity index (χ1n) is 9.58. The van der Waals surface area contributed by atoms with Crippen molar-refractivity contribution in [3.63, 3.8) is 0 Å². The van der Waals surface area contributed by atoms with E-state index in [9.17, 15) is 4.79 Å². The van der Waals surface area contributed by atoms with Crippen LogP contribution in [0.5, 0.6) is 5.75 Å². The molecule has 2 rings (SSSR count). The normalized spacial score (nSPS) is 17.5. The SMILES string of the molecule is CCNC(=NCc1cccc(OCC)c1)NC1CCN(C(=O)C(C)C)C1. The number of carbonyl (C=O) groups excluding carboxylic acids is 1. The van der Waals surface area contributed by atoms with E-state index in [2.05, 4.69) is 22.5 Å². The first-order chi connectivity index (χ1) is 12.5. The molecule has 0 bridgehead atoms. The lowest BCUT2D eigenvalue weighted by molar-refractivity contribution is -0.133. The second kappa shape index (κ2) is 10.0. The van der Waals surface area contributed by atoms with Crippen molar-refractivity contribution in [1.82, 2.24) is 15.5 Å². The van der Waals surface area contributed by atoms with E-state index in [0.29, 0.717) is 13.2 Å². The summed E-state index contributed by atoms with van der Waals surface area (Å²) >= 11 is 0. The van der Waals surface area contributed by atoms with Crippen molar-refractivity contribution < 1.29 is 9.53 Å². The summed E-state index contributed by atoms with van der Waals surface area (Å²) in [6.45, 7) is 11.5. The van der Waals surface area contributed by atoms with Crippen molar-refractivity contribution in [2.24, 2.45) is 10.9 Å². The number of nitrogens with zero attached hydrogens (tertiary/aromatic N) is 2. The summed E-state index contributed by atoms with van der Waals surface area (Å²) in [4.78, 5) is 18.8. The maximum Gasteiger partial charge on any atom is 0.225 e. The Balaban J connectivity index is 1.95. The van der Waals surface area contributed by atoms with Gasteiger partial charge < -0.3 is 20.3 Å². The third kappa shape index (κ3) is 5.93. The monoisotopic (exact) mass is 360 g/mol. The number of guanidine groups is 1. The molecule has 144 valence electrons. The topological polar surface area (TPSA) is 66.0 Å². The van der Waals surface area contributed by atoms with Crippen LogP contribution >= 0.6 is 0 Å². The fourth-order valence-electron chi connectivity index (χ4n) is 3.03. The van der Waals surface area contributed by atoms with Gasteiger partial charge in [0.2, 0.25) is 5.91 Å². The van der Waals surface area contributed by atoms with E-state index in [0.717, 1.165) is 43.3 Å². The van der Waals surface area contributed by atoms with Gasteiger partial charge in [-0.3, -0.25) is 4.79 Å². The number of amides is 1. The second-order valence-electron chi connectivity index (χ2n) is 6.84. The van der Waals surface area contributed by atoms with Crippen LogP contribution in [0.2, 0.25) is 0 Å². The molecule has 0 saturated carbocycles. The van der Waals surface area contributed by atoms with Crippen LogP contribution in [0.1, 0.15) is 39.7 Å². The quantitative estimate of drug-likeness (QED) is 0.579. The number of aliphatic imine (C=N–C) groups is 1. The van der Waals surface area contributed by atoms with Gasteiger partial charge in [-0.1, -0.05) is 26.0 Å². The Morgan fingerprint density at radius 2 is 2.19 bits per heavy atom. The lowest BCUT2D eigenvalue weighted by Crippen LogP contribution is -2.45. The van der Waals surface area contributed by atoms with Crippen molar-refractivity contribution in [2.75, 3.05) is 26.2 Å². The minimum Gasteiger partial charge on any atom is -0.494 e. The molecule has 1 unspecified atom stereocenters. The average Bonchev–Trinajstić information content (AvgIpc) is 3.08. The van der Waals surface area contributed by atoms with Gasteiger partial charge in [-0.15, -0.1) is 0 Å². The van der Waals surface area contributed by atoms with Gasteiger partial charge in [-0.2, -0.15) is 0 Å². The van der Waals surface area contributed by atoms with Crippen LogP contribution in [0.15, 0.2) is 29.3 Å². The number of hydrogen-bond donors (Lipinski definition) is 2. The number of nitrogens with one attached hydrogen (secondary N) is 2. The molecule has 1 fully saturated rings. The molecular formula is C20H32N4O2. The summed E-state index contributed by atoms with van der Waals surface area (Å²) < 4.78 is 5.54. The lowest BCUT2D eigenvalue weighted by atomic mass is 10.2. The molecule has 1 aliphatic heterocycles. The summed E-state index contributed by atoms with van der Waals surface area (Å²) in [5.41, 5.74) is 1.11. The molecule has 1 saturated heterocycles. The van der Waals surface area contributed by atoms with E-state index < -0.39 is 0 Å². The van der Waals surface area contributed by atoms with Crippen LogP contribution in [-0.4, -0.2) is 49.0 Å². The minimum absolute atomic E-state index is 0.0493. The van der Waals surface area contributed by atoms with Crippen molar-refractivity contribution in [2.45, 2.75) is 46.7 Å². The number of carbonyl (C=O) groups is 1. The number of rotatable bonds is 7. The molecule has 1 heterocycles. The molecular weight excluding hydrogens is 328 g/mol. The smallest absolute Gasteiger partial charge is 0.225 e. The van der Waals surface area contributed by atoms with Crippen LogP contribution in [0.3, 0.4) is 0 Å². The highest BCUT2D eigenvalue weighted by Crippen LogP contribution is 2.15. The van der Waals surface area contributed by atoms with Gasteiger partial charge in [-0.25, -0.2) is 4.99 Å². The molecule has 6 heteroatoms. The van der Waals surface area contributed by atoms with Gasteiger partial charge in [0.05, 0.1) is 13.2 Å². The minimum atomic E-state index is 0.0493. The predicted molar refractivity (Wildman–Crippen MR) is 105 cm³/mol. The van der Waals surface area contributed by atoms with Crippen molar-refractivity contribution >= 4 is 11.9 Å². The Bertz CT molecular complexity index is 616. The fraction of sp³-hybridized carbons (Fsp3) is 0.600. The first-order valence-corrected chi connectivity index (χ1v) is 9.58. The first kappa shape index (κ1) is 20.1. The number of hydrogen-bond acceptors (Lipinski definition) is 3. The highest BCUT2D eigenvalue weighted by molar-refractivity contribution is 5.81. The largest absolute Gasteiger partial charge is 0.494 e. The Morgan fingerprint density at radius 1 is 1.38 bits per heavy atom. The summed E-state index contributed by atoms with van der Waals surface area (Å²) in [6.07, 6.45) is 0.947. The van der Waals surface area contributed by atoms with Crippen LogP contribution in [-0.2, 0) is 11.3 Å². The van der Waals surface area contributed by atoms with Gasteiger partial charge in [0.25, 0.3) is 0 Å². The Hall–Kier alpha value is -2.24. The molecule has 0 spiro atoms. The molecule has 1 aromatic rings. The molecule has 1 atom stereocenters. The summed E-state index contributed by atoms with van der Waals surface area (Å²) in [7, 11) is 0. The van der Waals surface area contributed by atoms with Gasteiger partial charge >= 0.3 is 0 Å². The maximum atomic E-state index is 12.1. The molecule has 1 aliphatic rings. The zero-order valence-electron chi connectivity index (χ0n) is 16.4. The van der Waals surface area contributed by atoms with Gasteiger partial charge in [0.1, 0.15) is 5.75 Å². The zero-order valence-corrected chi connectivity index (χ0v) is 16.4. The van der Waals surface area contributed by atoms with E-state index in [1.54, 1.807) is 0 Å². The molecule has 0 aliphatic carbocycles. The lowest BCUT2D eigenvalue weighted by Gasteiger charge is -2.20. The van der Waals surface area contributed by atoms with Crippen LogP contribution in [0.4, 0.5) is 0 Å². The number of ether oxygens (including phenoxy) is 1. The molecule has 1 amide bonds. The van der Waals surface area contributed by atoms with Crippen molar-refractivity contribution in [1.29, 1.82) is 0 Å². The summed E-state index contributed by atoms with van der Waals surface area (Å²) in [5.74, 6) is 1.94. The molecule has 1 aromatic carbocycles. The van der Waals surface area contributed by atoms with Crippen LogP contribution < -0.4 is 15.4 Å². The van der Waals surface area contributed by atoms with E-state index >= 15 is 0 Å². The predicted octanol–water partition coefficient (Wildman–Crippen LogP) is 2.40. The van der Waals surface area contributed by atoms with E-state index in [1.165, 1.54) is 0 Å². The highest BCUT2D eigenvalue weighted by Gasteiger charge is 2.27. The van der Waals surface area contributed by atoms with Crippen molar-refractivity contribution in [3.05, 3.63) is 29.8 Å². The van der Waals surface area contributed by atoms with E-state index in [-0.39, 0.29) is 17.9 Å². The van der Waals surface area contributed by atoms with E-state index in [4.69, 9.17) is 4.74 Å². The average molecular weight is 361 g/mol. The zero-order chi connectivity index (χ0) is 18.9. The van der Waals surface area contributed by atoms with Gasteiger partial charge in [0, 0.05) is 31.6 Å². The van der Waals surface area contributed by atoms with Gasteiger partial charge in [0.15, 0.2) is 5.96 Å². The fourth-order valence-corrected chi connectivity index (χ4v) is 3.03. The molecule has 26 heavy (non-hydrogen) atoms. The van der Waals surface area contributed by atoms with E-state index in [1.807, 2.05) is 49.9 Å². The highest BCUT2D eigenvalue weighted by atomic mass is 16.5. The Kier molecular flexibility index (Phi) is 7.75.